The average molecular weight is 329 g/mol. The summed E-state index contributed by atoms with van der Waals surface area (Å²) in [6.07, 6.45) is 0. The zero-order valence-electron chi connectivity index (χ0n) is 10.8. The first-order valence-corrected chi connectivity index (χ1v) is 6.93. The number of hydrogen-bond acceptors (Lipinski definition) is 4. The van der Waals surface area contributed by atoms with E-state index in [4.69, 9.17) is 9.47 Å². The van der Waals surface area contributed by atoms with Gasteiger partial charge in [-0.15, -0.1) is 0 Å². The molecule has 19 heavy (non-hydrogen) atoms. The molecule has 1 N–H and O–H groups in total. The third kappa shape index (κ3) is 3.84. The minimum absolute atomic E-state index is 0.0815. The van der Waals surface area contributed by atoms with E-state index in [1.54, 1.807) is 7.11 Å². The molecule has 0 aromatic heterocycles. The number of halogens is 1. The lowest BCUT2D eigenvalue weighted by Crippen LogP contribution is -2.43. The molecule has 1 aromatic carbocycles. The van der Waals surface area contributed by atoms with E-state index in [-0.39, 0.29) is 12.5 Å². The van der Waals surface area contributed by atoms with Gasteiger partial charge in [-0.1, -0.05) is 0 Å². The lowest BCUT2D eigenvalue weighted by Gasteiger charge is -2.27. The molecule has 104 valence electrons. The number of benzene rings is 1. The van der Waals surface area contributed by atoms with Gasteiger partial charge in [0, 0.05) is 23.6 Å². The molecule has 2 rings (SSSR count). The Morgan fingerprint density at radius 1 is 1.47 bits per heavy atom. The van der Waals surface area contributed by atoms with Crippen molar-refractivity contribution in [2.45, 2.75) is 0 Å². The van der Waals surface area contributed by atoms with Gasteiger partial charge in [-0.25, -0.2) is 0 Å². The van der Waals surface area contributed by atoms with Crippen molar-refractivity contribution in [1.82, 2.24) is 4.90 Å². The van der Waals surface area contributed by atoms with Crippen LogP contribution in [0.25, 0.3) is 0 Å². The predicted molar refractivity (Wildman–Crippen MR) is 76.6 cm³/mol. The van der Waals surface area contributed by atoms with E-state index < -0.39 is 0 Å². The number of rotatable bonds is 4. The first-order chi connectivity index (χ1) is 9.20. The summed E-state index contributed by atoms with van der Waals surface area (Å²) < 4.78 is 11.3. The average Bonchev–Trinajstić information content (AvgIpc) is 2.47. The maximum absolute atomic E-state index is 12.0. The number of carbonyl (C=O) groups excluding carboxylic acids is 1. The number of hydrogen-bond donors (Lipinski definition) is 1. The minimum Gasteiger partial charge on any atom is -0.497 e. The highest BCUT2D eigenvalue weighted by molar-refractivity contribution is 9.10. The van der Waals surface area contributed by atoms with Crippen molar-refractivity contribution in [3.63, 3.8) is 0 Å². The summed E-state index contributed by atoms with van der Waals surface area (Å²) >= 11 is 3.44. The molecule has 0 atom stereocenters. The van der Waals surface area contributed by atoms with E-state index in [1.165, 1.54) is 0 Å². The number of carbonyl (C=O) groups is 1. The minimum atomic E-state index is 0.0815. The standard InChI is InChI=1S/C13H17BrN2O3/c1-18-10-2-3-11(14)12(8-10)15-9-13(17)16-4-6-19-7-5-16/h2-3,8,15H,4-7,9H2,1H3. The van der Waals surface area contributed by atoms with Gasteiger partial charge in [-0.2, -0.15) is 0 Å². The molecule has 0 unspecified atom stereocenters. The third-order valence-corrected chi connectivity index (χ3v) is 3.66. The summed E-state index contributed by atoms with van der Waals surface area (Å²) in [6, 6.07) is 5.61. The number of nitrogens with zero attached hydrogens (tertiary/aromatic N) is 1. The van der Waals surface area contributed by atoms with Crippen LogP contribution in [0.2, 0.25) is 0 Å². The zero-order chi connectivity index (χ0) is 13.7. The molecule has 0 bridgehead atoms. The number of amides is 1. The Morgan fingerprint density at radius 2 is 2.21 bits per heavy atom. The second-order valence-electron chi connectivity index (χ2n) is 4.19. The van der Waals surface area contributed by atoms with Gasteiger partial charge in [0.1, 0.15) is 5.75 Å². The topological polar surface area (TPSA) is 50.8 Å². The molecule has 1 aliphatic heterocycles. The van der Waals surface area contributed by atoms with Crippen LogP contribution in [0.15, 0.2) is 22.7 Å². The molecule has 0 spiro atoms. The van der Waals surface area contributed by atoms with Crippen molar-refractivity contribution >= 4 is 27.5 Å². The lowest BCUT2D eigenvalue weighted by molar-refractivity contribution is -0.133. The van der Waals surface area contributed by atoms with Gasteiger partial charge < -0.3 is 19.7 Å². The van der Waals surface area contributed by atoms with Gasteiger partial charge in [0.15, 0.2) is 0 Å². The zero-order valence-corrected chi connectivity index (χ0v) is 12.4. The van der Waals surface area contributed by atoms with E-state index in [0.717, 1.165) is 15.9 Å². The Kier molecular flexibility index (Phi) is 5.04. The van der Waals surface area contributed by atoms with E-state index in [0.29, 0.717) is 26.3 Å². The summed E-state index contributed by atoms with van der Waals surface area (Å²) in [6.45, 7) is 2.84. The van der Waals surface area contributed by atoms with Crippen molar-refractivity contribution in [2.75, 3.05) is 45.3 Å². The summed E-state index contributed by atoms with van der Waals surface area (Å²) in [5.41, 5.74) is 0.848. The number of ether oxygens (including phenoxy) is 2. The Morgan fingerprint density at radius 3 is 2.89 bits per heavy atom. The van der Waals surface area contributed by atoms with Crippen molar-refractivity contribution in [1.29, 1.82) is 0 Å². The lowest BCUT2D eigenvalue weighted by atomic mass is 10.3. The second-order valence-corrected chi connectivity index (χ2v) is 5.05. The van der Waals surface area contributed by atoms with Crippen LogP contribution in [-0.4, -0.2) is 50.8 Å². The maximum Gasteiger partial charge on any atom is 0.242 e. The Bertz CT molecular complexity index is 448. The van der Waals surface area contributed by atoms with Gasteiger partial charge in [-0.3, -0.25) is 4.79 Å². The summed E-state index contributed by atoms with van der Waals surface area (Å²) in [7, 11) is 1.62. The molecule has 5 nitrogen and oxygen atoms in total. The molecule has 1 aromatic rings. The van der Waals surface area contributed by atoms with Gasteiger partial charge in [0.05, 0.1) is 32.6 Å². The molecule has 1 amide bonds. The van der Waals surface area contributed by atoms with Gasteiger partial charge >= 0.3 is 0 Å². The fraction of sp³-hybridized carbons (Fsp3) is 0.462. The normalized spacial score (nSPS) is 15.2. The molecular weight excluding hydrogens is 312 g/mol. The van der Waals surface area contributed by atoms with Crippen molar-refractivity contribution < 1.29 is 14.3 Å². The Balaban J connectivity index is 1.92. The smallest absolute Gasteiger partial charge is 0.242 e. The molecule has 1 aliphatic rings. The third-order valence-electron chi connectivity index (χ3n) is 2.97. The molecule has 0 aliphatic carbocycles. The quantitative estimate of drug-likeness (QED) is 0.914. The van der Waals surface area contributed by atoms with Gasteiger partial charge in [0.25, 0.3) is 0 Å². The molecular formula is C13H17BrN2O3. The first-order valence-electron chi connectivity index (χ1n) is 6.13. The van der Waals surface area contributed by atoms with Gasteiger partial charge in [-0.05, 0) is 28.1 Å². The number of nitrogens with one attached hydrogen (secondary N) is 1. The SMILES string of the molecule is COc1ccc(Br)c(NCC(=O)N2CCOCC2)c1. The van der Waals surface area contributed by atoms with Gasteiger partial charge in [0.2, 0.25) is 5.91 Å². The monoisotopic (exact) mass is 328 g/mol. The second kappa shape index (κ2) is 6.77. The number of anilines is 1. The first kappa shape index (κ1) is 14.1. The summed E-state index contributed by atoms with van der Waals surface area (Å²) in [5, 5.41) is 3.13. The fourth-order valence-electron chi connectivity index (χ4n) is 1.86. The van der Waals surface area contributed by atoms with Crippen LogP contribution in [0.5, 0.6) is 5.75 Å². The molecule has 6 heteroatoms. The Labute approximate surface area is 121 Å². The van der Waals surface area contributed by atoms with Crippen LogP contribution < -0.4 is 10.1 Å². The van der Waals surface area contributed by atoms with E-state index in [2.05, 4.69) is 21.2 Å². The van der Waals surface area contributed by atoms with Crippen LogP contribution in [0.4, 0.5) is 5.69 Å². The summed E-state index contributed by atoms with van der Waals surface area (Å²) in [5.74, 6) is 0.836. The predicted octanol–water partition coefficient (Wildman–Crippen LogP) is 1.73. The van der Waals surface area contributed by atoms with Crippen LogP contribution in [-0.2, 0) is 9.53 Å². The largest absolute Gasteiger partial charge is 0.497 e. The number of morpholine rings is 1. The van der Waals surface area contributed by atoms with Crippen LogP contribution >= 0.6 is 15.9 Å². The molecule has 1 fully saturated rings. The fourth-order valence-corrected chi connectivity index (χ4v) is 2.25. The van der Waals surface area contributed by atoms with Crippen LogP contribution in [0, 0.1) is 0 Å². The van der Waals surface area contributed by atoms with Crippen LogP contribution in [0.1, 0.15) is 0 Å². The maximum atomic E-state index is 12.0. The molecule has 0 saturated carbocycles. The highest BCUT2D eigenvalue weighted by Crippen LogP contribution is 2.26. The number of methoxy groups -OCH3 is 1. The van der Waals surface area contributed by atoms with Crippen molar-refractivity contribution in [2.24, 2.45) is 0 Å². The molecule has 0 radical (unpaired) electrons. The van der Waals surface area contributed by atoms with E-state index >= 15 is 0 Å². The molecule has 1 saturated heterocycles. The van der Waals surface area contributed by atoms with Crippen LogP contribution in [0.3, 0.4) is 0 Å². The summed E-state index contributed by atoms with van der Waals surface area (Å²) in [4.78, 5) is 13.8. The van der Waals surface area contributed by atoms with E-state index in [1.807, 2.05) is 23.1 Å². The van der Waals surface area contributed by atoms with E-state index in [9.17, 15) is 4.79 Å². The highest BCUT2D eigenvalue weighted by atomic mass is 79.9. The van der Waals surface area contributed by atoms with Crippen molar-refractivity contribution in [3.8, 4) is 5.75 Å². The van der Waals surface area contributed by atoms with Crippen molar-refractivity contribution in [3.05, 3.63) is 22.7 Å². The highest BCUT2D eigenvalue weighted by Gasteiger charge is 2.16. The molecule has 1 heterocycles. The Hall–Kier alpha value is -1.27.